The molecule has 0 heterocycles. The second kappa shape index (κ2) is 6.66. The first-order valence-electron chi connectivity index (χ1n) is 5.91. The highest BCUT2D eigenvalue weighted by Crippen LogP contribution is 2.15. The van der Waals surface area contributed by atoms with Gasteiger partial charge in [0, 0.05) is 0 Å². The minimum Gasteiger partial charge on any atom is -0.390 e. The zero-order chi connectivity index (χ0) is 12.0. The van der Waals surface area contributed by atoms with Crippen LogP contribution in [0.1, 0.15) is 26.3 Å². The van der Waals surface area contributed by atoms with Crippen LogP contribution in [-0.2, 0) is 11.3 Å². The summed E-state index contributed by atoms with van der Waals surface area (Å²) in [5.41, 5.74) is 1.15. The lowest BCUT2D eigenvalue weighted by atomic mass is 9.93. The Hall–Kier alpha value is -0.860. The van der Waals surface area contributed by atoms with Gasteiger partial charge in [-0.25, -0.2) is 0 Å². The molecule has 0 saturated heterocycles. The third kappa shape index (κ3) is 4.33. The van der Waals surface area contributed by atoms with Gasteiger partial charge in [0.25, 0.3) is 0 Å². The molecule has 2 heteroatoms. The van der Waals surface area contributed by atoms with Crippen molar-refractivity contribution in [3.05, 3.63) is 35.9 Å². The van der Waals surface area contributed by atoms with E-state index in [2.05, 4.69) is 20.8 Å². The number of hydrogen-bond donors (Lipinski definition) is 1. The van der Waals surface area contributed by atoms with Crippen LogP contribution >= 0.6 is 0 Å². The van der Waals surface area contributed by atoms with Crippen LogP contribution in [0.3, 0.4) is 0 Å². The molecule has 0 aliphatic heterocycles. The molecule has 0 fully saturated rings. The van der Waals surface area contributed by atoms with Crippen molar-refractivity contribution in [3.8, 4) is 0 Å². The smallest absolute Gasteiger partial charge is 0.0801 e. The summed E-state index contributed by atoms with van der Waals surface area (Å²) >= 11 is 0. The molecular weight excluding hydrogens is 200 g/mol. The van der Waals surface area contributed by atoms with Crippen molar-refractivity contribution in [1.29, 1.82) is 0 Å². The summed E-state index contributed by atoms with van der Waals surface area (Å²) in [7, 11) is 0. The third-order valence-corrected chi connectivity index (χ3v) is 3.06. The Morgan fingerprint density at radius 1 is 1.12 bits per heavy atom. The maximum atomic E-state index is 9.84. The van der Waals surface area contributed by atoms with E-state index in [1.54, 1.807) is 0 Å². The number of hydrogen-bond acceptors (Lipinski definition) is 2. The number of ether oxygens (including phenoxy) is 1. The molecule has 2 nitrogen and oxygen atoms in total. The van der Waals surface area contributed by atoms with Gasteiger partial charge in [-0.2, -0.15) is 0 Å². The first-order chi connectivity index (χ1) is 7.61. The fourth-order valence-electron chi connectivity index (χ4n) is 1.47. The number of aliphatic hydroxyl groups excluding tert-OH is 1. The lowest BCUT2D eigenvalue weighted by Gasteiger charge is -2.22. The molecule has 2 unspecified atom stereocenters. The van der Waals surface area contributed by atoms with Gasteiger partial charge in [0.15, 0.2) is 0 Å². The lowest BCUT2D eigenvalue weighted by molar-refractivity contribution is -0.00837. The van der Waals surface area contributed by atoms with Gasteiger partial charge in [-0.1, -0.05) is 51.1 Å². The predicted octanol–water partition coefficient (Wildman–Crippen LogP) is 2.86. The highest BCUT2D eigenvalue weighted by atomic mass is 16.5. The van der Waals surface area contributed by atoms with Gasteiger partial charge in [-0.3, -0.25) is 0 Å². The number of benzene rings is 1. The Balaban J connectivity index is 2.25. The first kappa shape index (κ1) is 13.2. The fourth-order valence-corrected chi connectivity index (χ4v) is 1.47. The van der Waals surface area contributed by atoms with Crippen LogP contribution in [0, 0.1) is 11.8 Å². The fraction of sp³-hybridized carbons (Fsp3) is 0.571. The van der Waals surface area contributed by atoms with Gasteiger partial charge >= 0.3 is 0 Å². The molecule has 0 saturated carbocycles. The molecule has 0 amide bonds. The first-order valence-corrected chi connectivity index (χ1v) is 5.91. The summed E-state index contributed by atoms with van der Waals surface area (Å²) in [6.45, 7) is 7.27. The number of rotatable bonds is 6. The molecule has 16 heavy (non-hydrogen) atoms. The van der Waals surface area contributed by atoms with Crippen LogP contribution in [0.4, 0.5) is 0 Å². The molecule has 1 aromatic carbocycles. The molecule has 0 aliphatic rings. The van der Waals surface area contributed by atoms with E-state index in [1.165, 1.54) is 0 Å². The van der Waals surface area contributed by atoms with Crippen molar-refractivity contribution in [2.75, 3.05) is 6.61 Å². The molecule has 1 N–H and O–H groups in total. The summed E-state index contributed by atoms with van der Waals surface area (Å²) < 4.78 is 5.50. The van der Waals surface area contributed by atoms with Crippen molar-refractivity contribution in [2.24, 2.45) is 11.8 Å². The molecular formula is C14H22O2. The van der Waals surface area contributed by atoms with Gasteiger partial charge in [0.1, 0.15) is 0 Å². The van der Waals surface area contributed by atoms with E-state index in [-0.39, 0.29) is 12.0 Å². The quantitative estimate of drug-likeness (QED) is 0.802. The van der Waals surface area contributed by atoms with E-state index in [1.807, 2.05) is 30.3 Å². The van der Waals surface area contributed by atoms with Crippen molar-refractivity contribution in [2.45, 2.75) is 33.5 Å². The second-order valence-corrected chi connectivity index (χ2v) is 4.67. The molecule has 1 aromatic rings. The average Bonchev–Trinajstić information content (AvgIpc) is 2.29. The summed E-state index contributed by atoms with van der Waals surface area (Å²) in [6.07, 6.45) is -0.372. The van der Waals surface area contributed by atoms with E-state index in [4.69, 9.17) is 4.74 Å². The van der Waals surface area contributed by atoms with Crippen molar-refractivity contribution >= 4 is 0 Å². The zero-order valence-electron chi connectivity index (χ0n) is 10.4. The Bertz CT molecular complexity index is 282. The van der Waals surface area contributed by atoms with Gasteiger partial charge in [-0.15, -0.1) is 0 Å². The van der Waals surface area contributed by atoms with Gasteiger partial charge in [0.2, 0.25) is 0 Å². The van der Waals surface area contributed by atoms with Crippen LogP contribution in [-0.4, -0.2) is 17.8 Å². The van der Waals surface area contributed by atoms with Crippen molar-refractivity contribution in [1.82, 2.24) is 0 Å². The van der Waals surface area contributed by atoms with E-state index >= 15 is 0 Å². The molecule has 90 valence electrons. The molecule has 1 rings (SSSR count). The average molecular weight is 222 g/mol. The Labute approximate surface area is 98.3 Å². The number of aliphatic hydroxyl groups is 1. The van der Waals surface area contributed by atoms with E-state index < -0.39 is 0 Å². The molecule has 0 bridgehead atoms. The van der Waals surface area contributed by atoms with E-state index in [0.29, 0.717) is 19.1 Å². The van der Waals surface area contributed by atoms with Gasteiger partial charge < -0.3 is 9.84 Å². The van der Waals surface area contributed by atoms with Crippen LogP contribution in [0.15, 0.2) is 30.3 Å². The highest BCUT2D eigenvalue weighted by molar-refractivity contribution is 5.13. The van der Waals surface area contributed by atoms with E-state index in [0.717, 1.165) is 5.56 Å². The Morgan fingerprint density at radius 2 is 1.75 bits per heavy atom. The van der Waals surface area contributed by atoms with Crippen LogP contribution < -0.4 is 0 Å². The van der Waals surface area contributed by atoms with Gasteiger partial charge in [-0.05, 0) is 17.4 Å². The minimum atomic E-state index is -0.372. The lowest BCUT2D eigenvalue weighted by Crippen LogP contribution is -2.27. The second-order valence-electron chi connectivity index (χ2n) is 4.67. The molecule has 0 aliphatic carbocycles. The molecule has 2 atom stereocenters. The highest BCUT2D eigenvalue weighted by Gasteiger charge is 2.17. The summed E-state index contributed by atoms with van der Waals surface area (Å²) in [6, 6.07) is 10.0. The Kier molecular flexibility index (Phi) is 5.50. The maximum absolute atomic E-state index is 9.84. The van der Waals surface area contributed by atoms with Crippen LogP contribution in [0.5, 0.6) is 0 Å². The summed E-state index contributed by atoms with van der Waals surface area (Å²) in [5.74, 6) is 0.756. The zero-order valence-corrected chi connectivity index (χ0v) is 10.4. The standard InChI is InChI=1S/C14H22O2/c1-11(2)12(3)14(15)10-16-9-13-7-5-4-6-8-13/h4-8,11-12,14-15H,9-10H2,1-3H3. The topological polar surface area (TPSA) is 29.5 Å². The van der Waals surface area contributed by atoms with Crippen LogP contribution in [0.25, 0.3) is 0 Å². The van der Waals surface area contributed by atoms with Crippen molar-refractivity contribution < 1.29 is 9.84 Å². The summed E-state index contributed by atoms with van der Waals surface area (Å²) in [4.78, 5) is 0. The maximum Gasteiger partial charge on any atom is 0.0801 e. The minimum absolute atomic E-state index is 0.274. The van der Waals surface area contributed by atoms with Gasteiger partial charge in [0.05, 0.1) is 19.3 Å². The summed E-state index contributed by atoms with van der Waals surface area (Å²) in [5, 5.41) is 9.84. The third-order valence-electron chi connectivity index (χ3n) is 3.06. The molecule has 0 aromatic heterocycles. The Morgan fingerprint density at radius 3 is 2.31 bits per heavy atom. The van der Waals surface area contributed by atoms with Crippen LogP contribution in [0.2, 0.25) is 0 Å². The molecule has 0 radical (unpaired) electrons. The molecule has 0 spiro atoms. The SMILES string of the molecule is CC(C)C(C)C(O)COCc1ccccc1. The largest absolute Gasteiger partial charge is 0.390 e. The monoisotopic (exact) mass is 222 g/mol. The normalized spacial score (nSPS) is 15.1. The van der Waals surface area contributed by atoms with Crippen molar-refractivity contribution in [3.63, 3.8) is 0 Å². The predicted molar refractivity (Wildman–Crippen MR) is 66.1 cm³/mol. The van der Waals surface area contributed by atoms with E-state index in [9.17, 15) is 5.11 Å².